The average molecular weight is 489 g/mol. The number of carbonyl (C=O) groups excluding carboxylic acids is 1. The number of benzene rings is 1. The summed E-state index contributed by atoms with van der Waals surface area (Å²) in [6, 6.07) is 5.43. The van der Waals surface area contributed by atoms with Gasteiger partial charge in [0.25, 0.3) is 0 Å². The van der Waals surface area contributed by atoms with Gasteiger partial charge >= 0.3 is 0 Å². The Balaban J connectivity index is 1.59. The van der Waals surface area contributed by atoms with Crippen LogP contribution in [0.1, 0.15) is 25.8 Å². The van der Waals surface area contributed by atoms with Crippen molar-refractivity contribution in [2.45, 2.75) is 37.6 Å². The predicted molar refractivity (Wildman–Crippen MR) is 124 cm³/mol. The Labute approximate surface area is 190 Å². The zero-order chi connectivity index (χ0) is 21.9. The lowest BCUT2D eigenvalue weighted by atomic mass is 10.1. The lowest BCUT2D eigenvalue weighted by Gasteiger charge is -2.29. The van der Waals surface area contributed by atoms with E-state index in [1.54, 1.807) is 4.90 Å². The van der Waals surface area contributed by atoms with Gasteiger partial charge in [-0.2, -0.15) is 0 Å². The number of thioether (sulfide) groups is 1. The van der Waals surface area contributed by atoms with E-state index in [0.29, 0.717) is 27.5 Å². The van der Waals surface area contributed by atoms with Gasteiger partial charge in [-0.15, -0.1) is 10.2 Å². The monoisotopic (exact) mass is 488 g/mol. The van der Waals surface area contributed by atoms with Crippen molar-refractivity contribution in [1.29, 1.82) is 0 Å². The van der Waals surface area contributed by atoms with Crippen molar-refractivity contribution in [3.63, 3.8) is 0 Å². The Morgan fingerprint density at radius 1 is 1.40 bits per heavy atom. The number of hydrogen-bond acceptors (Lipinski definition) is 8. The standard InChI is InChI=1S/C19H25ClN4O3S3/c1-12(2)9-24(15-6-7-30(26,27)11-15)17(25)10-28-19-23-22-18(29-19)21-14-5-4-13(3)16(20)8-14/h4-5,8,12,15H,6-7,9-11H2,1-3H3,(H,21,22). The van der Waals surface area contributed by atoms with Crippen molar-refractivity contribution in [3.8, 4) is 0 Å². The summed E-state index contributed by atoms with van der Waals surface area (Å²) < 4.78 is 24.4. The lowest BCUT2D eigenvalue weighted by molar-refractivity contribution is -0.130. The second-order valence-corrected chi connectivity index (χ2v) is 12.6. The Hall–Kier alpha value is -1.36. The van der Waals surface area contributed by atoms with Gasteiger partial charge in [-0.1, -0.05) is 54.6 Å². The molecule has 1 fully saturated rings. The maximum atomic E-state index is 12.9. The molecule has 7 nitrogen and oxygen atoms in total. The second-order valence-electron chi connectivity index (χ2n) is 7.75. The topological polar surface area (TPSA) is 92.3 Å². The normalized spacial score (nSPS) is 18.0. The van der Waals surface area contributed by atoms with Crippen LogP contribution in [0.15, 0.2) is 22.5 Å². The third-order valence-electron chi connectivity index (χ3n) is 4.68. The minimum absolute atomic E-state index is 0.0577. The fourth-order valence-corrected chi connectivity index (χ4v) is 6.76. The molecule has 0 saturated carbocycles. The van der Waals surface area contributed by atoms with Crippen molar-refractivity contribution < 1.29 is 13.2 Å². The van der Waals surface area contributed by atoms with Crippen molar-refractivity contribution in [3.05, 3.63) is 28.8 Å². The average Bonchev–Trinajstić information content (AvgIpc) is 3.26. The minimum Gasteiger partial charge on any atom is -0.338 e. The number of nitrogens with zero attached hydrogens (tertiary/aromatic N) is 3. The SMILES string of the molecule is Cc1ccc(Nc2nnc(SCC(=O)N(CC(C)C)C3CCS(=O)(=O)C3)s2)cc1Cl. The lowest BCUT2D eigenvalue weighted by Crippen LogP contribution is -2.44. The van der Waals surface area contributed by atoms with Crippen LogP contribution in [0, 0.1) is 12.8 Å². The molecule has 0 spiro atoms. The largest absolute Gasteiger partial charge is 0.338 e. The van der Waals surface area contributed by atoms with Crippen molar-refractivity contribution in [2.24, 2.45) is 5.92 Å². The summed E-state index contributed by atoms with van der Waals surface area (Å²) in [7, 11) is -3.05. The van der Waals surface area contributed by atoms with Gasteiger partial charge in [0.2, 0.25) is 11.0 Å². The molecule has 164 valence electrons. The molecule has 1 N–H and O–H groups in total. The molecule has 2 aromatic rings. The zero-order valence-corrected chi connectivity index (χ0v) is 20.3. The molecule has 1 saturated heterocycles. The Bertz CT molecular complexity index is 1010. The van der Waals surface area contributed by atoms with Crippen molar-refractivity contribution >= 4 is 61.3 Å². The molecule has 1 aromatic heterocycles. The first-order valence-corrected chi connectivity index (χ1v) is 13.6. The Morgan fingerprint density at radius 2 is 2.17 bits per heavy atom. The van der Waals surface area contributed by atoms with Crippen molar-refractivity contribution in [2.75, 3.05) is 29.1 Å². The number of anilines is 2. The molecule has 3 rings (SSSR count). The number of amides is 1. The van der Waals surface area contributed by atoms with Gasteiger partial charge in [0.1, 0.15) is 0 Å². The van der Waals surface area contributed by atoms with Crippen LogP contribution in [-0.2, 0) is 14.6 Å². The summed E-state index contributed by atoms with van der Waals surface area (Å²) in [4.78, 5) is 14.6. The van der Waals surface area contributed by atoms with Crippen LogP contribution in [0.4, 0.5) is 10.8 Å². The van der Waals surface area contributed by atoms with Gasteiger partial charge in [0.05, 0.1) is 17.3 Å². The van der Waals surface area contributed by atoms with Crippen LogP contribution >= 0.6 is 34.7 Å². The van der Waals surface area contributed by atoms with E-state index in [2.05, 4.69) is 15.5 Å². The molecule has 0 radical (unpaired) electrons. The van der Waals surface area contributed by atoms with Crippen LogP contribution in [0.25, 0.3) is 0 Å². The highest BCUT2D eigenvalue weighted by Crippen LogP contribution is 2.30. The van der Waals surface area contributed by atoms with E-state index in [-0.39, 0.29) is 35.1 Å². The number of carbonyl (C=O) groups is 1. The summed E-state index contributed by atoms with van der Waals surface area (Å²) in [5, 5.41) is 12.7. The van der Waals surface area contributed by atoms with Gasteiger partial charge in [0, 0.05) is 23.3 Å². The maximum Gasteiger partial charge on any atom is 0.233 e. The highest BCUT2D eigenvalue weighted by molar-refractivity contribution is 8.01. The number of halogens is 1. The van der Waals surface area contributed by atoms with Gasteiger partial charge < -0.3 is 10.2 Å². The summed E-state index contributed by atoms with van der Waals surface area (Å²) in [6.45, 7) is 6.54. The molecule has 1 aliphatic rings. The number of rotatable bonds is 8. The number of aryl methyl sites for hydroxylation is 1. The Morgan fingerprint density at radius 3 is 2.80 bits per heavy atom. The number of aromatic nitrogens is 2. The van der Waals surface area contributed by atoms with Gasteiger partial charge in [-0.05, 0) is 37.0 Å². The number of sulfone groups is 1. The second kappa shape index (κ2) is 9.84. The highest BCUT2D eigenvalue weighted by atomic mass is 35.5. The fraction of sp³-hybridized carbons (Fsp3) is 0.526. The molecule has 1 amide bonds. The summed E-state index contributed by atoms with van der Waals surface area (Å²) in [6.07, 6.45) is 0.511. The summed E-state index contributed by atoms with van der Waals surface area (Å²) in [5.41, 5.74) is 1.81. The van der Waals surface area contributed by atoms with Crippen LogP contribution < -0.4 is 5.32 Å². The molecule has 30 heavy (non-hydrogen) atoms. The maximum absolute atomic E-state index is 12.9. The molecule has 11 heteroatoms. The summed E-state index contributed by atoms with van der Waals surface area (Å²) >= 11 is 8.83. The third kappa shape index (κ3) is 6.32. The smallest absolute Gasteiger partial charge is 0.233 e. The van der Waals surface area contributed by atoms with E-state index in [1.165, 1.54) is 23.1 Å². The quantitative estimate of drug-likeness (QED) is 0.561. The third-order valence-corrected chi connectivity index (χ3v) is 8.79. The van der Waals surface area contributed by atoms with Crippen LogP contribution in [0.5, 0.6) is 0 Å². The van der Waals surface area contributed by atoms with Gasteiger partial charge in [-0.3, -0.25) is 4.79 Å². The molecular formula is C19H25ClN4O3S3. The van der Waals surface area contributed by atoms with E-state index < -0.39 is 9.84 Å². The van der Waals surface area contributed by atoms with E-state index in [4.69, 9.17) is 11.6 Å². The van der Waals surface area contributed by atoms with Crippen LogP contribution in [0.2, 0.25) is 5.02 Å². The van der Waals surface area contributed by atoms with Crippen LogP contribution in [-0.4, -0.2) is 59.3 Å². The Kier molecular flexibility index (Phi) is 7.65. The van der Waals surface area contributed by atoms with E-state index >= 15 is 0 Å². The minimum atomic E-state index is -3.05. The molecule has 1 unspecified atom stereocenters. The first-order valence-electron chi connectivity index (χ1n) is 9.62. The zero-order valence-electron chi connectivity index (χ0n) is 17.1. The van der Waals surface area contributed by atoms with Crippen LogP contribution in [0.3, 0.4) is 0 Å². The predicted octanol–water partition coefficient (Wildman–Crippen LogP) is 4.01. The van der Waals surface area contributed by atoms with Crippen molar-refractivity contribution in [1.82, 2.24) is 15.1 Å². The molecular weight excluding hydrogens is 464 g/mol. The molecule has 0 bridgehead atoms. The van der Waals surface area contributed by atoms with Gasteiger partial charge in [0.15, 0.2) is 14.2 Å². The molecule has 2 heterocycles. The first kappa shape index (κ1) is 23.3. The molecule has 0 aliphatic carbocycles. The van der Waals surface area contributed by atoms with Gasteiger partial charge in [-0.25, -0.2) is 8.42 Å². The van der Waals surface area contributed by atoms with E-state index in [0.717, 1.165) is 11.3 Å². The number of nitrogens with one attached hydrogen (secondary N) is 1. The first-order chi connectivity index (χ1) is 14.1. The van der Waals surface area contributed by atoms with E-state index in [1.807, 2.05) is 39.0 Å². The molecule has 1 aliphatic heterocycles. The summed E-state index contributed by atoms with van der Waals surface area (Å²) in [5.74, 6) is 0.615. The molecule has 1 atom stereocenters. The fourth-order valence-electron chi connectivity index (χ4n) is 3.19. The molecule has 1 aromatic carbocycles. The highest BCUT2D eigenvalue weighted by Gasteiger charge is 2.34. The van der Waals surface area contributed by atoms with E-state index in [9.17, 15) is 13.2 Å². The number of hydrogen-bond donors (Lipinski definition) is 1.